The van der Waals surface area contributed by atoms with Gasteiger partial charge < -0.3 is 9.63 Å². The van der Waals surface area contributed by atoms with Gasteiger partial charge in [-0.3, -0.25) is 0 Å². The molecule has 4 nitrogen and oxygen atoms in total. The second-order valence-electron chi connectivity index (χ2n) is 4.09. The first-order chi connectivity index (χ1) is 9.63. The molecule has 3 aromatic rings. The zero-order valence-electron chi connectivity index (χ0n) is 10.0. The monoisotopic (exact) mass is 274 g/mol. The first-order valence-electron chi connectivity index (χ1n) is 5.72. The van der Waals surface area contributed by atoms with Gasteiger partial charge >= 0.3 is 0 Å². The van der Waals surface area contributed by atoms with Crippen LogP contribution in [0.4, 0.5) is 8.78 Å². The fourth-order valence-corrected chi connectivity index (χ4v) is 1.72. The van der Waals surface area contributed by atoms with Gasteiger partial charge in [-0.15, -0.1) is 0 Å². The molecular formula is C14H8F2N2O2. The molecule has 0 amide bonds. The minimum absolute atomic E-state index is 0.0949. The molecule has 0 saturated carbocycles. The van der Waals surface area contributed by atoms with Crippen molar-refractivity contribution in [2.75, 3.05) is 0 Å². The van der Waals surface area contributed by atoms with E-state index in [1.54, 1.807) is 12.1 Å². The Morgan fingerprint density at radius 1 is 1.00 bits per heavy atom. The third-order valence-electron chi connectivity index (χ3n) is 2.71. The summed E-state index contributed by atoms with van der Waals surface area (Å²) in [6.45, 7) is 0. The van der Waals surface area contributed by atoms with E-state index in [4.69, 9.17) is 4.52 Å². The van der Waals surface area contributed by atoms with Gasteiger partial charge in [0.2, 0.25) is 5.82 Å². The summed E-state index contributed by atoms with van der Waals surface area (Å²) in [5, 5.41) is 12.9. The third kappa shape index (κ3) is 2.23. The zero-order chi connectivity index (χ0) is 14.1. The number of benzene rings is 2. The molecule has 3 rings (SSSR count). The Morgan fingerprint density at radius 2 is 1.75 bits per heavy atom. The normalized spacial score (nSPS) is 10.7. The summed E-state index contributed by atoms with van der Waals surface area (Å²) < 4.78 is 31.7. The number of hydrogen-bond acceptors (Lipinski definition) is 4. The molecule has 20 heavy (non-hydrogen) atoms. The summed E-state index contributed by atoms with van der Waals surface area (Å²) >= 11 is 0. The van der Waals surface area contributed by atoms with Gasteiger partial charge in [0.25, 0.3) is 5.89 Å². The highest BCUT2D eigenvalue weighted by Gasteiger charge is 2.15. The van der Waals surface area contributed by atoms with E-state index in [2.05, 4.69) is 10.1 Å². The number of phenolic OH excluding ortho intramolecular Hbond substituents is 1. The van der Waals surface area contributed by atoms with Crippen LogP contribution < -0.4 is 0 Å². The first kappa shape index (κ1) is 12.3. The summed E-state index contributed by atoms with van der Waals surface area (Å²) in [5.41, 5.74) is 0.497. The van der Waals surface area contributed by atoms with Crippen LogP contribution >= 0.6 is 0 Å². The minimum Gasteiger partial charge on any atom is -0.508 e. The van der Waals surface area contributed by atoms with Crippen molar-refractivity contribution in [3.05, 3.63) is 54.1 Å². The van der Waals surface area contributed by atoms with E-state index in [0.29, 0.717) is 5.56 Å². The molecule has 0 fully saturated rings. The quantitative estimate of drug-likeness (QED) is 0.778. The molecule has 0 unspecified atom stereocenters. The average molecular weight is 274 g/mol. The summed E-state index contributed by atoms with van der Waals surface area (Å²) in [6.07, 6.45) is 0. The van der Waals surface area contributed by atoms with E-state index in [1.165, 1.54) is 12.1 Å². The van der Waals surface area contributed by atoms with E-state index in [9.17, 15) is 13.9 Å². The number of aromatic nitrogens is 2. The van der Waals surface area contributed by atoms with E-state index in [0.717, 1.165) is 18.2 Å². The molecule has 0 aliphatic heterocycles. The number of nitrogens with zero attached hydrogens (tertiary/aromatic N) is 2. The van der Waals surface area contributed by atoms with Crippen molar-refractivity contribution in [1.29, 1.82) is 0 Å². The Hall–Kier alpha value is -2.76. The fourth-order valence-electron chi connectivity index (χ4n) is 1.72. The smallest absolute Gasteiger partial charge is 0.261 e. The molecule has 0 aliphatic carbocycles. The van der Waals surface area contributed by atoms with Crippen molar-refractivity contribution >= 4 is 0 Å². The number of aromatic hydroxyl groups is 1. The number of rotatable bonds is 2. The van der Waals surface area contributed by atoms with Crippen molar-refractivity contribution in [2.24, 2.45) is 0 Å². The predicted molar refractivity (Wildman–Crippen MR) is 66.8 cm³/mol. The lowest BCUT2D eigenvalue weighted by Gasteiger charge is -1.96. The Labute approximate surface area is 112 Å². The molecule has 1 aromatic heterocycles. The number of halogens is 2. The standard InChI is InChI=1S/C14H8F2N2O2/c15-9-3-6-12(16)11(7-9)14-17-13(18-20-14)8-1-4-10(19)5-2-8/h1-7,19H. The first-order valence-corrected chi connectivity index (χ1v) is 5.72. The lowest BCUT2D eigenvalue weighted by atomic mass is 10.2. The lowest BCUT2D eigenvalue weighted by Crippen LogP contribution is -1.86. The van der Waals surface area contributed by atoms with Crippen LogP contribution in [-0.2, 0) is 0 Å². The van der Waals surface area contributed by atoms with Crippen LogP contribution in [0.5, 0.6) is 5.75 Å². The maximum atomic E-state index is 13.6. The maximum absolute atomic E-state index is 13.6. The summed E-state index contributed by atoms with van der Waals surface area (Å²) in [5.74, 6) is -1.01. The van der Waals surface area contributed by atoms with Crippen LogP contribution in [0.1, 0.15) is 0 Å². The third-order valence-corrected chi connectivity index (χ3v) is 2.71. The Bertz CT molecular complexity index is 754. The summed E-state index contributed by atoms with van der Waals surface area (Å²) in [6, 6.07) is 9.11. The van der Waals surface area contributed by atoms with Crippen molar-refractivity contribution in [2.45, 2.75) is 0 Å². The molecule has 1 heterocycles. The van der Waals surface area contributed by atoms with Crippen molar-refractivity contribution < 1.29 is 18.4 Å². The molecule has 0 radical (unpaired) electrons. The van der Waals surface area contributed by atoms with Crippen LogP contribution in [0.2, 0.25) is 0 Å². The van der Waals surface area contributed by atoms with Crippen LogP contribution in [0.3, 0.4) is 0 Å². The molecule has 0 atom stereocenters. The predicted octanol–water partition coefficient (Wildman–Crippen LogP) is 3.39. The average Bonchev–Trinajstić information content (AvgIpc) is 2.92. The molecule has 0 spiro atoms. The van der Waals surface area contributed by atoms with Gasteiger partial charge in [-0.2, -0.15) is 4.98 Å². The maximum Gasteiger partial charge on any atom is 0.261 e. The van der Waals surface area contributed by atoms with Crippen molar-refractivity contribution in [1.82, 2.24) is 10.1 Å². The van der Waals surface area contributed by atoms with Gasteiger partial charge in [-0.1, -0.05) is 5.16 Å². The Balaban J connectivity index is 2.01. The number of hydrogen-bond donors (Lipinski definition) is 1. The van der Waals surface area contributed by atoms with Crippen LogP contribution in [-0.4, -0.2) is 15.2 Å². The van der Waals surface area contributed by atoms with Gasteiger partial charge in [-0.05, 0) is 42.5 Å². The van der Waals surface area contributed by atoms with Gasteiger partial charge in [0.1, 0.15) is 17.4 Å². The minimum atomic E-state index is -0.646. The Kier molecular flexibility index (Phi) is 2.90. The van der Waals surface area contributed by atoms with Gasteiger partial charge in [0.05, 0.1) is 5.56 Å². The van der Waals surface area contributed by atoms with E-state index >= 15 is 0 Å². The second-order valence-corrected chi connectivity index (χ2v) is 4.09. The largest absolute Gasteiger partial charge is 0.508 e. The van der Waals surface area contributed by atoms with Gasteiger partial charge in [0.15, 0.2) is 0 Å². The molecule has 0 saturated heterocycles. The molecule has 0 aliphatic rings. The SMILES string of the molecule is Oc1ccc(-c2noc(-c3cc(F)ccc3F)n2)cc1. The van der Waals surface area contributed by atoms with Crippen LogP contribution in [0, 0.1) is 11.6 Å². The zero-order valence-corrected chi connectivity index (χ0v) is 10.0. The van der Waals surface area contributed by atoms with Crippen molar-refractivity contribution in [3.63, 3.8) is 0 Å². The topological polar surface area (TPSA) is 59.2 Å². The van der Waals surface area contributed by atoms with E-state index in [-0.39, 0.29) is 23.0 Å². The van der Waals surface area contributed by atoms with E-state index < -0.39 is 11.6 Å². The Morgan fingerprint density at radius 3 is 2.50 bits per heavy atom. The summed E-state index contributed by atoms with van der Waals surface area (Å²) in [4.78, 5) is 4.02. The highest BCUT2D eigenvalue weighted by Crippen LogP contribution is 2.25. The number of phenols is 1. The summed E-state index contributed by atoms with van der Waals surface area (Å²) in [7, 11) is 0. The van der Waals surface area contributed by atoms with Gasteiger partial charge in [-0.25, -0.2) is 8.78 Å². The molecule has 2 aromatic carbocycles. The molecule has 6 heteroatoms. The molecule has 100 valence electrons. The fraction of sp³-hybridized carbons (Fsp3) is 0. The highest BCUT2D eigenvalue weighted by atomic mass is 19.1. The van der Waals surface area contributed by atoms with Crippen LogP contribution in [0.15, 0.2) is 47.0 Å². The lowest BCUT2D eigenvalue weighted by molar-refractivity contribution is 0.429. The molecular weight excluding hydrogens is 266 g/mol. The van der Waals surface area contributed by atoms with Gasteiger partial charge in [0, 0.05) is 5.56 Å². The molecule has 1 N–H and O–H groups in total. The van der Waals surface area contributed by atoms with Crippen LogP contribution in [0.25, 0.3) is 22.8 Å². The molecule has 0 bridgehead atoms. The van der Waals surface area contributed by atoms with Crippen molar-refractivity contribution in [3.8, 4) is 28.6 Å². The second kappa shape index (κ2) is 4.73. The van der Waals surface area contributed by atoms with E-state index in [1.807, 2.05) is 0 Å². The highest BCUT2D eigenvalue weighted by molar-refractivity contribution is 5.60.